The Kier molecular flexibility index (Phi) is 6.13. The number of fused-ring (bicyclic) bond motifs is 1. The van der Waals surface area contributed by atoms with Crippen LogP contribution in [0, 0.1) is 0 Å². The summed E-state index contributed by atoms with van der Waals surface area (Å²) in [7, 11) is 0. The average molecular weight is 433 g/mol. The first-order valence-corrected chi connectivity index (χ1v) is 9.09. The van der Waals surface area contributed by atoms with E-state index in [0.29, 0.717) is 22.3 Å². The van der Waals surface area contributed by atoms with Crippen LogP contribution in [0.3, 0.4) is 0 Å². The molecule has 0 fully saturated rings. The molecule has 0 spiro atoms. The van der Waals surface area contributed by atoms with Crippen molar-refractivity contribution < 1.29 is 28.2 Å². The van der Waals surface area contributed by atoms with Crippen LogP contribution in [-0.4, -0.2) is 25.2 Å². The Bertz CT molecular complexity index is 945. The van der Waals surface area contributed by atoms with Gasteiger partial charge in [0.25, 0.3) is 0 Å². The van der Waals surface area contributed by atoms with Crippen LogP contribution in [0.5, 0.6) is 5.75 Å². The second kappa shape index (κ2) is 8.73. The average Bonchev–Trinajstić information content (AvgIpc) is 3.05. The van der Waals surface area contributed by atoms with E-state index < -0.39 is 11.9 Å². The fourth-order valence-electron chi connectivity index (χ4n) is 2.47. The summed E-state index contributed by atoms with van der Waals surface area (Å²) in [6, 6.07) is 14.2. The van der Waals surface area contributed by atoms with E-state index in [1.54, 1.807) is 37.3 Å². The van der Waals surface area contributed by atoms with Crippen molar-refractivity contribution in [2.45, 2.75) is 13.5 Å². The number of halogens is 1. The Morgan fingerprint density at radius 1 is 1.04 bits per heavy atom. The normalized spacial score (nSPS) is 10.6. The van der Waals surface area contributed by atoms with Crippen LogP contribution >= 0.6 is 15.9 Å². The summed E-state index contributed by atoms with van der Waals surface area (Å²) in [5, 5.41) is 0.696. The molecule has 0 aliphatic rings. The minimum atomic E-state index is -0.592. The van der Waals surface area contributed by atoms with Gasteiger partial charge in [-0.25, -0.2) is 9.59 Å². The van der Waals surface area contributed by atoms with E-state index in [-0.39, 0.29) is 25.6 Å². The molecule has 0 saturated carbocycles. The first-order chi connectivity index (χ1) is 13.1. The molecule has 0 unspecified atom stereocenters. The van der Waals surface area contributed by atoms with Crippen LogP contribution in [-0.2, 0) is 20.9 Å². The number of carbonyl (C=O) groups excluding carboxylic acids is 2. The molecular formula is C20H17BrO6. The molecule has 1 heterocycles. The zero-order valence-electron chi connectivity index (χ0n) is 14.6. The summed E-state index contributed by atoms with van der Waals surface area (Å²) in [6.45, 7) is 1.57. The summed E-state index contributed by atoms with van der Waals surface area (Å²) < 4.78 is 22.2. The third-order valence-electron chi connectivity index (χ3n) is 3.71. The highest BCUT2D eigenvalue weighted by Gasteiger charge is 2.22. The van der Waals surface area contributed by atoms with Crippen LogP contribution in [0.1, 0.15) is 23.0 Å². The molecule has 140 valence electrons. The maximum atomic E-state index is 12.1. The van der Waals surface area contributed by atoms with Crippen molar-refractivity contribution in [1.82, 2.24) is 0 Å². The van der Waals surface area contributed by atoms with Gasteiger partial charge < -0.3 is 18.6 Å². The number of ether oxygens (including phenoxy) is 3. The van der Waals surface area contributed by atoms with Crippen LogP contribution in [0.4, 0.5) is 0 Å². The van der Waals surface area contributed by atoms with E-state index in [4.69, 9.17) is 18.6 Å². The SMILES string of the molecule is CCOC(=O)c1oc2ccccc2c1COC(=O)COc1ccc(Br)cc1. The Morgan fingerprint density at radius 2 is 1.78 bits per heavy atom. The predicted octanol–water partition coefficient (Wildman–Crippen LogP) is 4.49. The first-order valence-electron chi connectivity index (χ1n) is 8.30. The van der Waals surface area contributed by atoms with Crippen molar-refractivity contribution in [2.24, 2.45) is 0 Å². The molecular weight excluding hydrogens is 416 g/mol. The zero-order chi connectivity index (χ0) is 19.2. The lowest BCUT2D eigenvalue weighted by Crippen LogP contribution is -2.15. The van der Waals surface area contributed by atoms with Crippen molar-refractivity contribution in [3.8, 4) is 5.75 Å². The molecule has 0 bridgehead atoms. The molecule has 3 rings (SSSR count). The number of esters is 2. The van der Waals surface area contributed by atoms with Gasteiger partial charge in [-0.2, -0.15) is 0 Å². The molecule has 6 nitrogen and oxygen atoms in total. The summed E-state index contributed by atoms with van der Waals surface area (Å²) in [4.78, 5) is 24.2. The Hall–Kier alpha value is -2.80. The smallest absolute Gasteiger partial charge is 0.374 e. The van der Waals surface area contributed by atoms with E-state index >= 15 is 0 Å². The minimum absolute atomic E-state index is 0.0414. The molecule has 1 aromatic heterocycles. The van der Waals surface area contributed by atoms with Gasteiger partial charge in [0.2, 0.25) is 5.76 Å². The lowest BCUT2D eigenvalue weighted by molar-refractivity contribution is -0.147. The fraction of sp³-hybridized carbons (Fsp3) is 0.200. The molecule has 27 heavy (non-hydrogen) atoms. The summed E-state index contributed by atoms with van der Waals surface area (Å²) in [5.74, 6) is -0.556. The number of furan rings is 1. The van der Waals surface area contributed by atoms with Crippen LogP contribution < -0.4 is 4.74 Å². The third kappa shape index (κ3) is 4.68. The zero-order valence-corrected chi connectivity index (χ0v) is 16.2. The standard InChI is InChI=1S/C20H17BrO6/c1-2-24-20(23)19-16(15-5-3-4-6-17(15)27-19)11-26-18(22)12-25-14-9-7-13(21)8-10-14/h3-10H,2,11-12H2,1H3. The molecule has 7 heteroatoms. The quantitative estimate of drug-likeness (QED) is 0.511. The molecule has 0 N–H and O–H groups in total. The number of carbonyl (C=O) groups is 2. The fourth-order valence-corrected chi connectivity index (χ4v) is 2.74. The van der Waals surface area contributed by atoms with E-state index in [1.165, 1.54) is 0 Å². The Labute approximate surface area is 164 Å². The molecule has 3 aromatic rings. The van der Waals surface area contributed by atoms with Crippen LogP contribution in [0.15, 0.2) is 57.4 Å². The molecule has 0 radical (unpaired) electrons. The van der Waals surface area contributed by atoms with Gasteiger partial charge in [0.15, 0.2) is 6.61 Å². The molecule has 0 atom stereocenters. The Morgan fingerprint density at radius 3 is 2.52 bits per heavy atom. The third-order valence-corrected chi connectivity index (χ3v) is 4.24. The highest BCUT2D eigenvalue weighted by molar-refractivity contribution is 9.10. The van der Waals surface area contributed by atoms with Crippen molar-refractivity contribution >= 4 is 38.8 Å². The maximum absolute atomic E-state index is 12.1. The van der Waals surface area contributed by atoms with Crippen molar-refractivity contribution in [1.29, 1.82) is 0 Å². The summed E-state index contributed by atoms with van der Waals surface area (Å²) in [5.41, 5.74) is 0.999. The number of para-hydroxylation sites is 1. The second-order valence-corrected chi connectivity index (χ2v) is 6.45. The van der Waals surface area contributed by atoms with Crippen LogP contribution in [0.2, 0.25) is 0 Å². The van der Waals surface area contributed by atoms with E-state index in [1.807, 2.05) is 18.2 Å². The van der Waals surface area contributed by atoms with Gasteiger partial charge in [0, 0.05) is 9.86 Å². The Balaban J connectivity index is 1.68. The highest BCUT2D eigenvalue weighted by atomic mass is 79.9. The molecule has 0 aliphatic heterocycles. The van der Waals surface area contributed by atoms with Gasteiger partial charge in [0.1, 0.15) is 17.9 Å². The summed E-state index contributed by atoms with van der Waals surface area (Å²) in [6.07, 6.45) is 0. The largest absolute Gasteiger partial charge is 0.482 e. The van der Waals surface area contributed by atoms with E-state index in [9.17, 15) is 9.59 Å². The van der Waals surface area contributed by atoms with Gasteiger partial charge in [-0.3, -0.25) is 0 Å². The van der Waals surface area contributed by atoms with Crippen molar-refractivity contribution in [3.05, 3.63) is 64.3 Å². The predicted molar refractivity (Wildman–Crippen MR) is 102 cm³/mol. The number of benzene rings is 2. The van der Waals surface area contributed by atoms with E-state index in [0.717, 1.165) is 4.47 Å². The van der Waals surface area contributed by atoms with Gasteiger partial charge in [0.05, 0.1) is 12.2 Å². The number of hydrogen-bond donors (Lipinski definition) is 0. The van der Waals surface area contributed by atoms with Crippen molar-refractivity contribution in [3.63, 3.8) is 0 Å². The molecule has 0 amide bonds. The topological polar surface area (TPSA) is 75.0 Å². The molecule has 0 aliphatic carbocycles. The lowest BCUT2D eigenvalue weighted by atomic mass is 10.1. The van der Waals surface area contributed by atoms with Gasteiger partial charge in [-0.1, -0.05) is 34.1 Å². The highest BCUT2D eigenvalue weighted by Crippen LogP contribution is 2.27. The van der Waals surface area contributed by atoms with E-state index in [2.05, 4.69) is 15.9 Å². The molecule has 2 aromatic carbocycles. The number of hydrogen-bond acceptors (Lipinski definition) is 6. The lowest BCUT2D eigenvalue weighted by Gasteiger charge is -2.07. The monoisotopic (exact) mass is 432 g/mol. The van der Waals surface area contributed by atoms with Gasteiger partial charge in [-0.15, -0.1) is 0 Å². The summed E-state index contributed by atoms with van der Waals surface area (Å²) >= 11 is 3.33. The van der Waals surface area contributed by atoms with Gasteiger partial charge in [-0.05, 0) is 37.3 Å². The minimum Gasteiger partial charge on any atom is -0.482 e. The second-order valence-electron chi connectivity index (χ2n) is 5.53. The first kappa shape index (κ1) is 19.0. The van der Waals surface area contributed by atoms with Crippen LogP contribution in [0.25, 0.3) is 11.0 Å². The maximum Gasteiger partial charge on any atom is 0.374 e. The number of rotatable bonds is 7. The molecule has 0 saturated heterocycles. The van der Waals surface area contributed by atoms with Gasteiger partial charge >= 0.3 is 11.9 Å². The van der Waals surface area contributed by atoms with Crippen molar-refractivity contribution in [2.75, 3.05) is 13.2 Å².